The second-order valence-corrected chi connectivity index (χ2v) is 6.34. The molecular weight excluding hydrogens is 314 g/mol. The normalized spacial score (nSPS) is 16.6. The van der Waals surface area contributed by atoms with E-state index in [1.807, 2.05) is 38.4 Å². The van der Waals surface area contributed by atoms with E-state index < -0.39 is 0 Å². The molecule has 0 saturated heterocycles. The van der Waals surface area contributed by atoms with E-state index in [0.29, 0.717) is 6.42 Å². The van der Waals surface area contributed by atoms with Crippen molar-refractivity contribution >= 4 is 17.3 Å². The number of nitrogens with zero attached hydrogens (tertiary/aromatic N) is 3. The van der Waals surface area contributed by atoms with Crippen LogP contribution in [0.25, 0.3) is 0 Å². The summed E-state index contributed by atoms with van der Waals surface area (Å²) in [5.41, 5.74) is 4.15. The van der Waals surface area contributed by atoms with Crippen LogP contribution < -0.4 is 9.64 Å². The van der Waals surface area contributed by atoms with Gasteiger partial charge in [-0.3, -0.25) is 4.79 Å². The number of benzene rings is 2. The Kier molecular flexibility index (Phi) is 4.74. The topological polar surface area (TPSA) is 45.1 Å². The van der Waals surface area contributed by atoms with Gasteiger partial charge in [0.1, 0.15) is 5.75 Å². The molecule has 5 nitrogen and oxygen atoms in total. The monoisotopic (exact) mass is 337 g/mol. The van der Waals surface area contributed by atoms with Crippen molar-refractivity contribution < 1.29 is 9.53 Å². The highest BCUT2D eigenvalue weighted by atomic mass is 16.5. The van der Waals surface area contributed by atoms with E-state index in [4.69, 9.17) is 4.74 Å². The van der Waals surface area contributed by atoms with Gasteiger partial charge in [0.25, 0.3) is 0 Å². The molecule has 1 atom stereocenters. The van der Waals surface area contributed by atoms with E-state index in [1.165, 1.54) is 0 Å². The van der Waals surface area contributed by atoms with Crippen LogP contribution in [0.2, 0.25) is 0 Å². The summed E-state index contributed by atoms with van der Waals surface area (Å²) >= 11 is 0. The van der Waals surface area contributed by atoms with Crippen LogP contribution in [0, 0.1) is 0 Å². The fraction of sp³-hybridized carbons (Fsp3) is 0.300. The van der Waals surface area contributed by atoms with E-state index in [1.54, 1.807) is 19.0 Å². The van der Waals surface area contributed by atoms with Crippen LogP contribution in [-0.4, -0.2) is 37.8 Å². The molecule has 0 fully saturated rings. The largest absolute Gasteiger partial charge is 0.497 e. The molecule has 0 aromatic heterocycles. The molecule has 0 spiro atoms. The number of carbonyl (C=O) groups excluding carboxylic acids is 1. The lowest BCUT2D eigenvalue weighted by molar-refractivity contribution is -0.130. The Bertz CT molecular complexity index is 780. The molecule has 2 aromatic carbocycles. The van der Waals surface area contributed by atoms with E-state index in [0.717, 1.165) is 28.3 Å². The van der Waals surface area contributed by atoms with Crippen LogP contribution in [0.15, 0.2) is 53.6 Å². The summed E-state index contributed by atoms with van der Waals surface area (Å²) in [6.07, 6.45) is 0.702. The maximum absolute atomic E-state index is 12.1. The van der Waals surface area contributed by atoms with E-state index in [2.05, 4.69) is 34.3 Å². The number of rotatable bonds is 4. The molecule has 2 aromatic rings. The van der Waals surface area contributed by atoms with Crippen LogP contribution in [0.1, 0.15) is 30.5 Å². The van der Waals surface area contributed by atoms with Gasteiger partial charge in [0.05, 0.1) is 18.9 Å². The number of hydrazone groups is 1. The highest BCUT2D eigenvalue weighted by Gasteiger charge is 2.31. The molecule has 0 saturated carbocycles. The van der Waals surface area contributed by atoms with Crippen LogP contribution in [0.3, 0.4) is 0 Å². The van der Waals surface area contributed by atoms with Crippen molar-refractivity contribution in [3.8, 4) is 5.75 Å². The smallest absolute Gasteiger partial charge is 0.240 e. The van der Waals surface area contributed by atoms with Crippen LogP contribution in [0.5, 0.6) is 5.75 Å². The summed E-state index contributed by atoms with van der Waals surface area (Å²) in [7, 11) is 5.67. The zero-order chi connectivity index (χ0) is 18.0. The van der Waals surface area contributed by atoms with Crippen molar-refractivity contribution in [1.82, 2.24) is 5.01 Å². The molecule has 1 aliphatic heterocycles. The minimum Gasteiger partial charge on any atom is -0.497 e. The minimum atomic E-state index is -0.0641. The molecule has 25 heavy (non-hydrogen) atoms. The Balaban J connectivity index is 1.87. The van der Waals surface area contributed by atoms with Gasteiger partial charge in [0.2, 0.25) is 5.91 Å². The van der Waals surface area contributed by atoms with Crippen molar-refractivity contribution in [2.45, 2.75) is 19.4 Å². The van der Waals surface area contributed by atoms with Crippen molar-refractivity contribution in [2.75, 3.05) is 26.1 Å². The molecule has 3 rings (SSSR count). The number of hydrogen-bond acceptors (Lipinski definition) is 4. The molecule has 1 heterocycles. The summed E-state index contributed by atoms with van der Waals surface area (Å²) in [6.45, 7) is 1.56. The van der Waals surface area contributed by atoms with Gasteiger partial charge in [-0.2, -0.15) is 5.10 Å². The van der Waals surface area contributed by atoms with Crippen LogP contribution in [0.4, 0.5) is 5.69 Å². The lowest BCUT2D eigenvalue weighted by atomic mass is 9.98. The second kappa shape index (κ2) is 6.97. The Morgan fingerprint density at radius 1 is 1.12 bits per heavy atom. The quantitative estimate of drug-likeness (QED) is 0.858. The predicted octanol–water partition coefficient (Wildman–Crippen LogP) is 3.46. The maximum Gasteiger partial charge on any atom is 0.240 e. The first kappa shape index (κ1) is 17.0. The third-order valence-corrected chi connectivity index (χ3v) is 4.45. The molecule has 1 aliphatic rings. The van der Waals surface area contributed by atoms with Crippen molar-refractivity contribution in [1.29, 1.82) is 0 Å². The van der Waals surface area contributed by atoms with Crippen LogP contribution >= 0.6 is 0 Å². The molecule has 130 valence electrons. The first-order valence-electron chi connectivity index (χ1n) is 8.28. The molecule has 1 amide bonds. The third-order valence-electron chi connectivity index (χ3n) is 4.45. The van der Waals surface area contributed by atoms with Gasteiger partial charge < -0.3 is 9.64 Å². The minimum absolute atomic E-state index is 0.0507. The number of anilines is 1. The van der Waals surface area contributed by atoms with Gasteiger partial charge in [-0.15, -0.1) is 0 Å². The first-order chi connectivity index (χ1) is 12.0. The lowest BCUT2D eigenvalue weighted by Gasteiger charge is -2.21. The van der Waals surface area contributed by atoms with Crippen LogP contribution in [-0.2, 0) is 4.79 Å². The Morgan fingerprint density at radius 3 is 2.28 bits per heavy atom. The number of amides is 1. The molecule has 0 radical (unpaired) electrons. The van der Waals surface area contributed by atoms with Gasteiger partial charge in [-0.25, -0.2) is 5.01 Å². The second-order valence-electron chi connectivity index (χ2n) is 6.34. The number of carbonyl (C=O) groups is 1. The lowest BCUT2D eigenvalue weighted by Crippen LogP contribution is -2.24. The third kappa shape index (κ3) is 3.50. The molecular formula is C20H23N3O2. The van der Waals surface area contributed by atoms with Gasteiger partial charge in [0.15, 0.2) is 0 Å². The summed E-state index contributed by atoms with van der Waals surface area (Å²) in [6, 6.07) is 16.0. The molecule has 5 heteroatoms. The molecule has 0 N–H and O–H groups in total. The number of ether oxygens (including phenoxy) is 1. The van der Waals surface area contributed by atoms with E-state index in [9.17, 15) is 4.79 Å². The average molecular weight is 337 g/mol. The van der Waals surface area contributed by atoms with Gasteiger partial charge >= 0.3 is 0 Å². The summed E-state index contributed by atoms with van der Waals surface area (Å²) in [5, 5.41) is 6.17. The Morgan fingerprint density at radius 2 is 1.76 bits per heavy atom. The zero-order valence-corrected chi connectivity index (χ0v) is 15.1. The number of hydrogen-bond donors (Lipinski definition) is 0. The average Bonchev–Trinajstić information content (AvgIpc) is 3.07. The highest BCUT2D eigenvalue weighted by Crippen LogP contribution is 2.33. The summed E-state index contributed by atoms with van der Waals surface area (Å²) < 4.78 is 5.20. The molecule has 0 bridgehead atoms. The van der Waals surface area contributed by atoms with Gasteiger partial charge in [-0.05, 0) is 47.5 Å². The number of methoxy groups -OCH3 is 1. The maximum atomic E-state index is 12.1. The zero-order valence-electron chi connectivity index (χ0n) is 15.1. The van der Waals surface area contributed by atoms with Crippen molar-refractivity contribution in [2.24, 2.45) is 5.10 Å². The van der Waals surface area contributed by atoms with Crippen molar-refractivity contribution in [3.63, 3.8) is 0 Å². The van der Waals surface area contributed by atoms with E-state index >= 15 is 0 Å². The standard InChI is InChI=1S/C20H23N3O2/c1-14(24)23-20(16-5-9-17(10-6-16)22(2)3)13-19(21-23)15-7-11-18(25-4)12-8-15/h5-12,20H,13H2,1-4H3/t20-/m1/s1. The molecule has 0 unspecified atom stereocenters. The highest BCUT2D eigenvalue weighted by molar-refractivity contribution is 6.03. The fourth-order valence-electron chi connectivity index (χ4n) is 3.01. The van der Waals surface area contributed by atoms with E-state index in [-0.39, 0.29) is 11.9 Å². The SMILES string of the molecule is COc1ccc(C2=NN(C(C)=O)[C@@H](c3ccc(N(C)C)cc3)C2)cc1. The summed E-state index contributed by atoms with van der Waals surface area (Å²) in [4.78, 5) is 14.1. The Hall–Kier alpha value is -2.82. The fourth-order valence-corrected chi connectivity index (χ4v) is 3.01. The predicted molar refractivity (Wildman–Crippen MR) is 100 cm³/mol. The Labute approximate surface area is 148 Å². The summed E-state index contributed by atoms with van der Waals surface area (Å²) in [5.74, 6) is 0.756. The van der Waals surface area contributed by atoms with Gasteiger partial charge in [0, 0.05) is 33.1 Å². The van der Waals surface area contributed by atoms with Crippen molar-refractivity contribution in [3.05, 3.63) is 59.7 Å². The van der Waals surface area contributed by atoms with Gasteiger partial charge in [-0.1, -0.05) is 12.1 Å². The first-order valence-corrected chi connectivity index (χ1v) is 8.28. The molecule has 0 aliphatic carbocycles.